The van der Waals surface area contributed by atoms with Crippen molar-refractivity contribution in [3.05, 3.63) is 48.3 Å². The first-order valence-electron chi connectivity index (χ1n) is 6.72. The third kappa shape index (κ3) is 3.44. The topological polar surface area (TPSA) is 111 Å². The lowest BCUT2D eigenvalue weighted by molar-refractivity contribution is -0.120. The van der Waals surface area contributed by atoms with E-state index in [9.17, 15) is 9.59 Å². The highest BCUT2D eigenvalue weighted by Crippen LogP contribution is 2.31. The monoisotopic (exact) mass is 302 g/mol. The Morgan fingerprint density at radius 1 is 1.36 bits per heavy atom. The van der Waals surface area contributed by atoms with E-state index in [0.29, 0.717) is 35.9 Å². The van der Waals surface area contributed by atoms with Gasteiger partial charge >= 0.3 is 0 Å². The second kappa shape index (κ2) is 6.77. The van der Waals surface area contributed by atoms with Crippen LogP contribution in [0.25, 0.3) is 5.70 Å². The van der Waals surface area contributed by atoms with Crippen molar-refractivity contribution in [2.24, 2.45) is 11.5 Å². The Balaban J connectivity index is 2.41. The van der Waals surface area contributed by atoms with Crippen LogP contribution in [0, 0.1) is 0 Å². The molecule has 0 bridgehead atoms. The number of nitrogens with one attached hydrogen (secondary N) is 1. The predicted molar refractivity (Wildman–Crippen MR) is 82.2 cm³/mol. The van der Waals surface area contributed by atoms with E-state index in [1.165, 1.54) is 6.08 Å². The SMILES string of the molecule is C=C1NC(=O)C=C(c2ccccc2OCC(N)=O)N1CCN. The van der Waals surface area contributed by atoms with Gasteiger partial charge in [-0.3, -0.25) is 9.59 Å². The van der Waals surface area contributed by atoms with Gasteiger partial charge in [0, 0.05) is 24.7 Å². The number of hydrogen-bond donors (Lipinski definition) is 3. The van der Waals surface area contributed by atoms with Crippen molar-refractivity contribution in [1.29, 1.82) is 0 Å². The number of nitrogens with zero attached hydrogens (tertiary/aromatic N) is 1. The van der Waals surface area contributed by atoms with Gasteiger partial charge in [-0.25, -0.2) is 0 Å². The van der Waals surface area contributed by atoms with E-state index >= 15 is 0 Å². The molecule has 7 heteroatoms. The molecule has 1 heterocycles. The molecule has 0 unspecified atom stereocenters. The largest absolute Gasteiger partial charge is 0.483 e. The van der Waals surface area contributed by atoms with E-state index < -0.39 is 5.91 Å². The molecule has 0 saturated heterocycles. The van der Waals surface area contributed by atoms with Gasteiger partial charge < -0.3 is 26.4 Å². The molecule has 0 saturated carbocycles. The normalized spacial score (nSPS) is 14.4. The molecular weight excluding hydrogens is 284 g/mol. The third-order valence-electron chi connectivity index (χ3n) is 3.04. The molecule has 1 aromatic rings. The van der Waals surface area contributed by atoms with Gasteiger partial charge in [-0.15, -0.1) is 0 Å². The van der Waals surface area contributed by atoms with Crippen LogP contribution in [-0.4, -0.2) is 36.4 Å². The summed E-state index contributed by atoms with van der Waals surface area (Å²) in [5.74, 6) is 0.0427. The lowest BCUT2D eigenvalue weighted by Crippen LogP contribution is -2.40. The molecule has 0 spiro atoms. The highest BCUT2D eigenvalue weighted by Gasteiger charge is 2.24. The number of primary amides is 1. The van der Waals surface area contributed by atoms with Crippen LogP contribution in [0.15, 0.2) is 42.7 Å². The Labute approximate surface area is 128 Å². The van der Waals surface area contributed by atoms with Crippen LogP contribution in [0.5, 0.6) is 5.75 Å². The Morgan fingerprint density at radius 3 is 2.77 bits per heavy atom. The molecule has 5 N–H and O–H groups in total. The number of ether oxygens (including phenoxy) is 1. The Kier molecular flexibility index (Phi) is 4.80. The molecule has 0 fully saturated rings. The van der Waals surface area contributed by atoms with Crippen molar-refractivity contribution in [1.82, 2.24) is 10.2 Å². The molecule has 1 aliphatic rings. The van der Waals surface area contributed by atoms with Crippen LogP contribution in [0.1, 0.15) is 5.56 Å². The minimum absolute atomic E-state index is 0.242. The minimum atomic E-state index is -0.576. The van der Waals surface area contributed by atoms with Crippen LogP contribution in [0.4, 0.5) is 0 Å². The molecule has 0 aromatic heterocycles. The van der Waals surface area contributed by atoms with Crippen LogP contribution in [-0.2, 0) is 9.59 Å². The molecule has 1 aromatic carbocycles. The van der Waals surface area contributed by atoms with E-state index in [1.807, 2.05) is 6.07 Å². The van der Waals surface area contributed by atoms with E-state index in [2.05, 4.69) is 11.9 Å². The van der Waals surface area contributed by atoms with Crippen molar-refractivity contribution < 1.29 is 14.3 Å². The summed E-state index contributed by atoms with van der Waals surface area (Å²) >= 11 is 0. The Bertz CT molecular complexity index is 639. The van der Waals surface area contributed by atoms with E-state index in [0.717, 1.165) is 0 Å². The fourth-order valence-corrected chi connectivity index (χ4v) is 2.15. The number of amides is 2. The van der Waals surface area contributed by atoms with Gasteiger partial charge in [-0.05, 0) is 12.1 Å². The first-order valence-corrected chi connectivity index (χ1v) is 6.72. The molecule has 22 heavy (non-hydrogen) atoms. The zero-order valence-corrected chi connectivity index (χ0v) is 12.0. The van der Waals surface area contributed by atoms with Crippen molar-refractivity contribution >= 4 is 17.5 Å². The molecule has 1 aliphatic heterocycles. The Morgan fingerprint density at radius 2 is 2.09 bits per heavy atom. The summed E-state index contributed by atoms with van der Waals surface area (Å²) in [5.41, 5.74) is 12.0. The molecule has 116 valence electrons. The van der Waals surface area contributed by atoms with Gasteiger partial charge in [0.25, 0.3) is 11.8 Å². The number of nitrogens with two attached hydrogens (primary N) is 2. The van der Waals surface area contributed by atoms with Crippen LogP contribution in [0.2, 0.25) is 0 Å². The number of rotatable bonds is 6. The quantitative estimate of drug-likeness (QED) is 0.671. The second-order valence-corrected chi connectivity index (χ2v) is 4.66. The third-order valence-corrected chi connectivity index (χ3v) is 3.04. The first-order chi connectivity index (χ1) is 10.5. The standard InChI is InChI=1S/C15H18N4O3/c1-10-18-15(21)8-12(19(10)7-6-16)11-4-2-3-5-13(11)22-9-14(17)20/h2-5,8H,1,6-7,9,16H2,(H2,17,20)(H,18,21). The lowest BCUT2D eigenvalue weighted by atomic mass is 10.1. The smallest absolute Gasteiger partial charge is 0.255 e. The van der Waals surface area contributed by atoms with Crippen LogP contribution in [0.3, 0.4) is 0 Å². The first kappa shape index (κ1) is 15.6. The fourth-order valence-electron chi connectivity index (χ4n) is 2.15. The van der Waals surface area contributed by atoms with Gasteiger partial charge in [0.1, 0.15) is 11.6 Å². The summed E-state index contributed by atoms with van der Waals surface area (Å²) in [6, 6.07) is 7.07. The second-order valence-electron chi connectivity index (χ2n) is 4.66. The highest BCUT2D eigenvalue weighted by molar-refractivity contribution is 5.98. The zero-order valence-electron chi connectivity index (χ0n) is 12.0. The van der Waals surface area contributed by atoms with Crippen molar-refractivity contribution in [2.75, 3.05) is 19.7 Å². The van der Waals surface area contributed by atoms with Crippen LogP contribution < -0.4 is 21.5 Å². The fraction of sp³-hybridized carbons (Fsp3) is 0.200. The molecule has 0 aliphatic carbocycles. The average molecular weight is 302 g/mol. The summed E-state index contributed by atoms with van der Waals surface area (Å²) in [5, 5.41) is 2.63. The number of benzene rings is 1. The number of carbonyl (C=O) groups excluding carboxylic acids is 2. The summed E-state index contributed by atoms with van der Waals surface area (Å²) in [6.45, 7) is 4.45. The van der Waals surface area contributed by atoms with Crippen LogP contribution >= 0.6 is 0 Å². The molecule has 2 amide bonds. The molecule has 2 rings (SSSR count). The minimum Gasteiger partial charge on any atom is -0.483 e. The number of para-hydroxylation sites is 1. The molecular formula is C15H18N4O3. The summed E-state index contributed by atoms with van der Waals surface area (Å²) in [4.78, 5) is 24.5. The van der Waals surface area contributed by atoms with Crippen molar-refractivity contribution in [2.45, 2.75) is 0 Å². The summed E-state index contributed by atoms with van der Waals surface area (Å²) in [7, 11) is 0. The average Bonchev–Trinajstić information content (AvgIpc) is 2.48. The number of hydrogen-bond acceptors (Lipinski definition) is 5. The summed E-state index contributed by atoms with van der Waals surface area (Å²) < 4.78 is 5.41. The number of carbonyl (C=O) groups is 2. The van der Waals surface area contributed by atoms with E-state index in [-0.39, 0.29) is 12.5 Å². The maximum Gasteiger partial charge on any atom is 0.255 e. The van der Waals surface area contributed by atoms with Gasteiger partial charge in [-0.1, -0.05) is 18.7 Å². The molecule has 0 atom stereocenters. The van der Waals surface area contributed by atoms with Crippen molar-refractivity contribution in [3.63, 3.8) is 0 Å². The predicted octanol–water partition coefficient (Wildman–Crippen LogP) is -0.247. The highest BCUT2D eigenvalue weighted by atomic mass is 16.5. The molecule has 0 radical (unpaired) electrons. The maximum atomic E-state index is 11.8. The van der Waals surface area contributed by atoms with E-state index in [1.54, 1.807) is 23.1 Å². The summed E-state index contributed by atoms with van der Waals surface area (Å²) in [6.07, 6.45) is 1.44. The van der Waals surface area contributed by atoms with Crippen molar-refractivity contribution in [3.8, 4) is 5.75 Å². The Hall–Kier alpha value is -2.80. The van der Waals surface area contributed by atoms with Gasteiger partial charge in [0.15, 0.2) is 6.61 Å². The van der Waals surface area contributed by atoms with Gasteiger partial charge in [-0.2, -0.15) is 0 Å². The molecule has 7 nitrogen and oxygen atoms in total. The van der Waals surface area contributed by atoms with E-state index in [4.69, 9.17) is 16.2 Å². The van der Waals surface area contributed by atoms with Gasteiger partial charge in [0.2, 0.25) is 0 Å². The zero-order chi connectivity index (χ0) is 16.1. The maximum absolute atomic E-state index is 11.8. The van der Waals surface area contributed by atoms with Gasteiger partial charge in [0.05, 0.1) is 5.70 Å². The lowest BCUT2D eigenvalue weighted by Gasteiger charge is -2.32.